The molecule has 3 fully saturated rings. The van der Waals surface area contributed by atoms with Crippen molar-refractivity contribution in [2.45, 2.75) is 70.2 Å². The van der Waals surface area contributed by atoms with Crippen molar-refractivity contribution in [2.75, 3.05) is 18.1 Å². The third-order valence-electron chi connectivity index (χ3n) is 8.78. The van der Waals surface area contributed by atoms with Crippen molar-refractivity contribution >= 4 is 23.7 Å². The highest BCUT2D eigenvalue weighted by atomic mass is 32.2. The normalized spacial score (nSPS) is 25.4. The lowest BCUT2D eigenvalue weighted by atomic mass is 9.90. The second-order valence-electron chi connectivity index (χ2n) is 12.4. The minimum Gasteiger partial charge on any atom is -0.476 e. The van der Waals surface area contributed by atoms with E-state index in [0.29, 0.717) is 34.9 Å². The van der Waals surface area contributed by atoms with Gasteiger partial charge in [-0.3, -0.25) is 14.2 Å². The molecule has 4 heterocycles. The van der Waals surface area contributed by atoms with Gasteiger partial charge in [-0.05, 0) is 94.2 Å². The Bertz CT molecular complexity index is 1370. The van der Waals surface area contributed by atoms with Gasteiger partial charge in [0.15, 0.2) is 5.82 Å². The third-order valence-corrected chi connectivity index (χ3v) is 9.69. The highest BCUT2D eigenvalue weighted by Crippen LogP contribution is 2.48. The second kappa shape index (κ2) is 10.2. The molecular formula is C29H39N7O2S. The van der Waals surface area contributed by atoms with Crippen molar-refractivity contribution < 1.29 is 9.53 Å². The maximum atomic E-state index is 13.5. The average Bonchev–Trinajstić information content (AvgIpc) is 3.71. The smallest absolute Gasteiger partial charge is 0.265 e. The summed E-state index contributed by atoms with van der Waals surface area (Å²) in [4.78, 5) is 21.7. The van der Waals surface area contributed by atoms with Crippen LogP contribution < -0.4 is 14.4 Å². The minimum absolute atomic E-state index is 0.119. The van der Waals surface area contributed by atoms with E-state index in [-0.39, 0.29) is 11.4 Å². The maximum absolute atomic E-state index is 13.5. The molecule has 9 nitrogen and oxygen atoms in total. The average molecular weight is 550 g/mol. The number of aryl methyl sites for hydroxylation is 2. The number of hydrogen-bond donors (Lipinski definition) is 1. The number of amides is 1. The van der Waals surface area contributed by atoms with Gasteiger partial charge < -0.3 is 9.64 Å². The summed E-state index contributed by atoms with van der Waals surface area (Å²) in [5.41, 5.74) is 1.31. The first-order valence-electron chi connectivity index (χ1n) is 14.1. The molecule has 10 heteroatoms. The lowest BCUT2D eigenvalue weighted by Crippen LogP contribution is -2.40. The Morgan fingerprint density at radius 3 is 2.72 bits per heavy atom. The lowest BCUT2D eigenvalue weighted by molar-refractivity contribution is 0.0984. The topological polar surface area (TPSA) is 90.1 Å². The Labute approximate surface area is 234 Å². The molecule has 39 heavy (non-hydrogen) atoms. The van der Waals surface area contributed by atoms with Crippen LogP contribution in [0, 0.1) is 30.6 Å². The van der Waals surface area contributed by atoms with Crippen molar-refractivity contribution in [1.29, 1.82) is 0 Å². The van der Waals surface area contributed by atoms with Crippen LogP contribution in [0.2, 0.25) is 0 Å². The van der Waals surface area contributed by atoms with Crippen LogP contribution in [0.5, 0.6) is 5.88 Å². The number of anilines is 1. The molecule has 0 spiro atoms. The lowest BCUT2D eigenvalue weighted by Gasteiger charge is -2.34. The third kappa shape index (κ3) is 5.27. The Morgan fingerprint density at radius 2 is 2.05 bits per heavy atom. The van der Waals surface area contributed by atoms with Crippen LogP contribution in [0.3, 0.4) is 0 Å². The molecule has 2 saturated carbocycles. The second-order valence-corrected chi connectivity index (χ2v) is 13.3. The number of ether oxygens (including phenoxy) is 1. The molecule has 1 N–H and O–H groups in total. The fraction of sp³-hybridized carbons (Fsp3) is 0.586. The van der Waals surface area contributed by atoms with E-state index in [0.717, 1.165) is 42.0 Å². The first-order valence-corrected chi connectivity index (χ1v) is 14.9. The first kappa shape index (κ1) is 26.2. The molecule has 6 rings (SSSR count). The molecule has 2 bridgehead atoms. The monoisotopic (exact) mass is 549 g/mol. The fourth-order valence-corrected chi connectivity index (χ4v) is 7.73. The van der Waals surface area contributed by atoms with Gasteiger partial charge in [-0.1, -0.05) is 13.3 Å². The molecule has 3 aromatic rings. The Hall–Kier alpha value is -3.01. The standard InChI is InChI=1S/C29H39N7O2S/c1-18-14-29(3,4)35(15-18)27-23(28(37)33-39-24-16-34(5)31-19(24)2)8-9-25(30-27)36-11-10-26(32-36)38-17-22-13-20-6-7-21(22)12-20/h8-11,16,18,20-22H,6-7,12-15,17H2,1-5H3,(H,33,37)/t18-,20-,21-,22?/m0/s1. The van der Waals surface area contributed by atoms with E-state index in [2.05, 4.69) is 40.6 Å². The summed E-state index contributed by atoms with van der Waals surface area (Å²) in [6, 6.07) is 5.63. The largest absolute Gasteiger partial charge is 0.476 e. The van der Waals surface area contributed by atoms with Gasteiger partial charge in [0.1, 0.15) is 5.82 Å². The van der Waals surface area contributed by atoms with Crippen molar-refractivity contribution in [3.8, 4) is 11.7 Å². The number of aromatic nitrogens is 5. The highest BCUT2D eigenvalue weighted by Gasteiger charge is 2.40. The molecular weight excluding hydrogens is 510 g/mol. The van der Waals surface area contributed by atoms with E-state index in [1.807, 2.05) is 44.6 Å². The van der Waals surface area contributed by atoms with Crippen LogP contribution >= 0.6 is 11.9 Å². The Balaban J connectivity index is 1.23. The number of hydrogen-bond acceptors (Lipinski definition) is 7. The van der Waals surface area contributed by atoms with E-state index in [1.165, 1.54) is 37.6 Å². The number of carbonyl (C=O) groups is 1. The first-order chi connectivity index (χ1) is 18.7. The van der Waals surface area contributed by atoms with Crippen LogP contribution in [-0.2, 0) is 7.05 Å². The molecule has 0 aromatic carbocycles. The summed E-state index contributed by atoms with van der Waals surface area (Å²) in [6.07, 6.45) is 10.2. The number of carbonyl (C=O) groups excluding carboxylic acids is 1. The van der Waals surface area contributed by atoms with Crippen molar-refractivity contribution in [3.05, 3.63) is 41.9 Å². The van der Waals surface area contributed by atoms with Gasteiger partial charge in [-0.25, -0.2) is 9.67 Å². The molecule has 1 aliphatic heterocycles. The van der Waals surface area contributed by atoms with Crippen LogP contribution in [0.4, 0.5) is 5.82 Å². The molecule has 3 aromatic heterocycles. The van der Waals surface area contributed by atoms with Gasteiger partial charge in [-0.2, -0.15) is 5.10 Å². The predicted molar refractivity (Wildman–Crippen MR) is 152 cm³/mol. The van der Waals surface area contributed by atoms with Crippen LogP contribution in [-0.4, -0.2) is 49.1 Å². The van der Waals surface area contributed by atoms with Gasteiger partial charge >= 0.3 is 0 Å². The number of fused-ring (bicyclic) bond motifs is 2. The summed E-state index contributed by atoms with van der Waals surface area (Å²) in [7, 11) is 1.88. The molecule has 3 aliphatic rings. The zero-order valence-electron chi connectivity index (χ0n) is 23.6. The van der Waals surface area contributed by atoms with Gasteiger partial charge in [0.2, 0.25) is 5.88 Å². The zero-order valence-corrected chi connectivity index (χ0v) is 24.4. The van der Waals surface area contributed by atoms with Crippen LogP contribution in [0.15, 0.2) is 35.5 Å². The van der Waals surface area contributed by atoms with Crippen LogP contribution in [0.1, 0.15) is 68.9 Å². The van der Waals surface area contributed by atoms with Gasteiger partial charge in [-0.15, -0.1) is 5.10 Å². The van der Waals surface area contributed by atoms with E-state index in [9.17, 15) is 4.79 Å². The summed E-state index contributed by atoms with van der Waals surface area (Å²) in [5.74, 6) is 4.69. The Morgan fingerprint density at radius 1 is 1.21 bits per heavy atom. The maximum Gasteiger partial charge on any atom is 0.265 e. The highest BCUT2D eigenvalue weighted by molar-refractivity contribution is 7.98. The van der Waals surface area contributed by atoms with Gasteiger partial charge in [0.25, 0.3) is 5.91 Å². The van der Waals surface area contributed by atoms with E-state index in [1.54, 1.807) is 9.36 Å². The summed E-state index contributed by atoms with van der Waals surface area (Å²) >= 11 is 1.28. The summed E-state index contributed by atoms with van der Waals surface area (Å²) in [5, 5.41) is 9.05. The summed E-state index contributed by atoms with van der Waals surface area (Å²) < 4.78 is 12.6. The molecule has 0 radical (unpaired) electrons. The SMILES string of the molecule is Cc1nn(C)cc1SNC(=O)c1ccc(-n2ccc(OCC3C[C@H]4CC[C@H]3C4)n2)nc1N1C[C@@H](C)CC1(C)C. The number of nitrogens with zero attached hydrogens (tertiary/aromatic N) is 6. The predicted octanol–water partition coefficient (Wildman–Crippen LogP) is 5.19. The minimum atomic E-state index is -0.178. The molecule has 4 atom stereocenters. The Kier molecular flexibility index (Phi) is 6.85. The van der Waals surface area contributed by atoms with Crippen LogP contribution in [0.25, 0.3) is 5.82 Å². The molecule has 2 aliphatic carbocycles. The quantitative estimate of drug-likeness (QED) is 0.387. The van der Waals surface area contributed by atoms with Crippen molar-refractivity contribution in [1.82, 2.24) is 29.3 Å². The molecule has 1 saturated heterocycles. The molecule has 1 amide bonds. The molecule has 1 unspecified atom stereocenters. The zero-order chi connectivity index (χ0) is 27.3. The fourth-order valence-electron chi connectivity index (χ4n) is 7.03. The van der Waals surface area contributed by atoms with E-state index >= 15 is 0 Å². The van der Waals surface area contributed by atoms with Crippen molar-refractivity contribution in [2.24, 2.45) is 30.7 Å². The molecule has 208 valence electrons. The van der Waals surface area contributed by atoms with Gasteiger partial charge in [0.05, 0.1) is 22.8 Å². The van der Waals surface area contributed by atoms with Crippen molar-refractivity contribution in [3.63, 3.8) is 0 Å². The summed E-state index contributed by atoms with van der Waals surface area (Å²) in [6.45, 7) is 10.2. The van der Waals surface area contributed by atoms with Gasteiger partial charge in [0, 0.05) is 37.6 Å². The number of nitrogens with one attached hydrogen (secondary N) is 1. The number of pyridine rings is 1. The van der Waals surface area contributed by atoms with E-state index in [4.69, 9.17) is 9.72 Å². The number of rotatable bonds is 8. The van der Waals surface area contributed by atoms with E-state index < -0.39 is 0 Å².